The second-order valence-corrected chi connectivity index (χ2v) is 6.65. The lowest BCUT2D eigenvalue weighted by atomic mass is 10.1. The number of pyridine rings is 1. The standard InChI is InChI=1S/C23H24N2O/c1-4-5-18-7-13-22(24-15-18)19-8-10-20(11-9-19)23(26)25-21-12-6-16(2)14-17(21)3/h6-15H,4-5H2,1-3H3,(H,25,26). The van der Waals surface area contributed by atoms with Gasteiger partial charge in [-0.3, -0.25) is 9.78 Å². The number of hydrogen-bond donors (Lipinski definition) is 1. The molecule has 3 aromatic rings. The van der Waals surface area contributed by atoms with Gasteiger partial charge in [-0.1, -0.05) is 49.2 Å². The van der Waals surface area contributed by atoms with Gasteiger partial charge in [0.2, 0.25) is 0 Å². The molecule has 1 heterocycles. The highest BCUT2D eigenvalue weighted by molar-refractivity contribution is 6.04. The first-order valence-electron chi connectivity index (χ1n) is 9.01. The van der Waals surface area contributed by atoms with Gasteiger partial charge in [-0.25, -0.2) is 0 Å². The summed E-state index contributed by atoms with van der Waals surface area (Å²) >= 11 is 0. The average molecular weight is 344 g/mol. The van der Waals surface area contributed by atoms with E-state index in [4.69, 9.17) is 0 Å². The van der Waals surface area contributed by atoms with Crippen molar-refractivity contribution in [1.82, 2.24) is 4.98 Å². The van der Waals surface area contributed by atoms with Gasteiger partial charge < -0.3 is 5.32 Å². The maximum Gasteiger partial charge on any atom is 0.255 e. The van der Waals surface area contributed by atoms with Gasteiger partial charge in [-0.2, -0.15) is 0 Å². The maximum absolute atomic E-state index is 12.5. The summed E-state index contributed by atoms with van der Waals surface area (Å²) in [6.07, 6.45) is 4.09. The molecule has 1 amide bonds. The van der Waals surface area contributed by atoms with Gasteiger partial charge in [0.1, 0.15) is 0 Å². The molecule has 0 radical (unpaired) electrons. The van der Waals surface area contributed by atoms with Gasteiger partial charge >= 0.3 is 0 Å². The van der Waals surface area contributed by atoms with Crippen LogP contribution in [0.25, 0.3) is 11.3 Å². The smallest absolute Gasteiger partial charge is 0.255 e. The third-order valence-electron chi connectivity index (χ3n) is 4.44. The fraction of sp³-hybridized carbons (Fsp3) is 0.217. The molecule has 0 unspecified atom stereocenters. The lowest BCUT2D eigenvalue weighted by Gasteiger charge is -2.10. The van der Waals surface area contributed by atoms with Crippen molar-refractivity contribution in [3.05, 3.63) is 83.0 Å². The van der Waals surface area contributed by atoms with E-state index in [9.17, 15) is 4.79 Å². The van der Waals surface area contributed by atoms with Crippen molar-refractivity contribution < 1.29 is 4.79 Å². The molecule has 0 aliphatic carbocycles. The fourth-order valence-electron chi connectivity index (χ4n) is 2.97. The van der Waals surface area contributed by atoms with E-state index >= 15 is 0 Å². The topological polar surface area (TPSA) is 42.0 Å². The highest BCUT2D eigenvalue weighted by atomic mass is 16.1. The Labute approximate surface area is 155 Å². The van der Waals surface area contributed by atoms with E-state index in [1.54, 1.807) is 0 Å². The molecule has 3 nitrogen and oxygen atoms in total. The first kappa shape index (κ1) is 17.9. The van der Waals surface area contributed by atoms with Crippen LogP contribution < -0.4 is 5.32 Å². The minimum Gasteiger partial charge on any atom is -0.322 e. The highest BCUT2D eigenvalue weighted by Crippen LogP contribution is 2.20. The van der Waals surface area contributed by atoms with Crippen LogP contribution in [0.2, 0.25) is 0 Å². The summed E-state index contributed by atoms with van der Waals surface area (Å²) in [6.45, 7) is 6.20. The van der Waals surface area contributed by atoms with Crippen molar-refractivity contribution in [3.8, 4) is 11.3 Å². The number of amides is 1. The number of nitrogens with zero attached hydrogens (tertiary/aromatic N) is 1. The summed E-state index contributed by atoms with van der Waals surface area (Å²) in [7, 11) is 0. The monoisotopic (exact) mass is 344 g/mol. The van der Waals surface area contributed by atoms with E-state index in [-0.39, 0.29) is 5.91 Å². The maximum atomic E-state index is 12.5. The van der Waals surface area contributed by atoms with Crippen LogP contribution in [-0.4, -0.2) is 10.9 Å². The lowest BCUT2D eigenvalue weighted by molar-refractivity contribution is 0.102. The number of rotatable bonds is 5. The largest absolute Gasteiger partial charge is 0.322 e. The Morgan fingerprint density at radius 2 is 1.77 bits per heavy atom. The first-order valence-corrected chi connectivity index (χ1v) is 9.01. The van der Waals surface area contributed by atoms with Gasteiger partial charge in [0.25, 0.3) is 5.91 Å². The second kappa shape index (κ2) is 7.96. The molecule has 1 N–H and O–H groups in total. The Kier molecular flexibility index (Phi) is 5.47. The SMILES string of the molecule is CCCc1ccc(-c2ccc(C(=O)Nc3ccc(C)cc3C)cc2)nc1. The zero-order valence-electron chi connectivity index (χ0n) is 15.5. The van der Waals surface area contributed by atoms with Crippen molar-refractivity contribution in [2.75, 3.05) is 5.32 Å². The van der Waals surface area contributed by atoms with E-state index in [1.807, 2.05) is 62.5 Å². The number of hydrogen-bond acceptors (Lipinski definition) is 2. The molecular weight excluding hydrogens is 320 g/mol. The van der Waals surface area contributed by atoms with Crippen LogP contribution in [0.5, 0.6) is 0 Å². The molecule has 0 aliphatic heterocycles. The Morgan fingerprint density at radius 3 is 2.38 bits per heavy atom. The summed E-state index contributed by atoms with van der Waals surface area (Å²) in [4.78, 5) is 17.0. The van der Waals surface area contributed by atoms with Crippen molar-refractivity contribution in [2.24, 2.45) is 0 Å². The third kappa shape index (κ3) is 4.17. The molecule has 3 rings (SSSR count). The van der Waals surface area contributed by atoms with Gasteiger partial charge in [0.15, 0.2) is 0 Å². The lowest BCUT2D eigenvalue weighted by Crippen LogP contribution is -2.12. The van der Waals surface area contributed by atoms with Crippen molar-refractivity contribution in [2.45, 2.75) is 33.6 Å². The van der Waals surface area contributed by atoms with E-state index < -0.39 is 0 Å². The molecule has 2 aromatic carbocycles. The first-order chi connectivity index (χ1) is 12.6. The van der Waals surface area contributed by atoms with Crippen molar-refractivity contribution >= 4 is 11.6 Å². The summed E-state index contributed by atoms with van der Waals surface area (Å²) in [5.41, 5.74) is 6.91. The van der Waals surface area contributed by atoms with Gasteiger partial charge in [0, 0.05) is 23.0 Å². The zero-order valence-corrected chi connectivity index (χ0v) is 15.5. The molecule has 0 bridgehead atoms. The van der Waals surface area contributed by atoms with E-state index in [0.717, 1.165) is 35.3 Å². The molecular formula is C23H24N2O. The van der Waals surface area contributed by atoms with Crippen molar-refractivity contribution in [3.63, 3.8) is 0 Å². The molecule has 0 aliphatic rings. The molecule has 0 saturated heterocycles. The number of carbonyl (C=O) groups is 1. The van der Waals surface area contributed by atoms with Gasteiger partial charge in [-0.05, 0) is 55.7 Å². The summed E-state index contributed by atoms with van der Waals surface area (Å²) < 4.78 is 0. The van der Waals surface area contributed by atoms with Gasteiger partial charge in [0.05, 0.1) is 5.69 Å². The van der Waals surface area contributed by atoms with Crippen LogP contribution in [-0.2, 0) is 6.42 Å². The summed E-state index contributed by atoms with van der Waals surface area (Å²) in [5, 5.41) is 2.98. The van der Waals surface area contributed by atoms with Crippen molar-refractivity contribution in [1.29, 1.82) is 0 Å². The average Bonchev–Trinajstić information content (AvgIpc) is 2.65. The molecule has 132 valence electrons. The molecule has 0 saturated carbocycles. The Bertz CT molecular complexity index is 896. The minimum absolute atomic E-state index is 0.102. The predicted molar refractivity (Wildman–Crippen MR) is 108 cm³/mol. The van der Waals surface area contributed by atoms with Crippen LogP contribution in [0.3, 0.4) is 0 Å². The highest BCUT2D eigenvalue weighted by Gasteiger charge is 2.08. The van der Waals surface area contributed by atoms with Crippen LogP contribution in [0.4, 0.5) is 5.69 Å². The number of nitrogens with one attached hydrogen (secondary N) is 1. The zero-order chi connectivity index (χ0) is 18.5. The van der Waals surface area contributed by atoms with Crippen LogP contribution in [0.15, 0.2) is 60.8 Å². The number of aromatic nitrogens is 1. The van der Waals surface area contributed by atoms with E-state index in [2.05, 4.69) is 29.4 Å². The third-order valence-corrected chi connectivity index (χ3v) is 4.44. The molecule has 0 fully saturated rings. The fourth-order valence-corrected chi connectivity index (χ4v) is 2.97. The Morgan fingerprint density at radius 1 is 1.00 bits per heavy atom. The minimum atomic E-state index is -0.102. The number of carbonyl (C=O) groups excluding carboxylic acids is 1. The number of aryl methyl sites for hydroxylation is 3. The molecule has 0 atom stereocenters. The Hall–Kier alpha value is -2.94. The number of anilines is 1. The van der Waals surface area contributed by atoms with Crippen LogP contribution >= 0.6 is 0 Å². The van der Waals surface area contributed by atoms with E-state index in [0.29, 0.717) is 5.56 Å². The second-order valence-electron chi connectivity index (χ2n) is 6.65. The van der Waals surface area contributed by atoms with Crippen LogP contribution in [0, 0.1) is 13.8 Å². The van der Waals surface area contributed by atoms with Gasteiger partial charge in [-0.15, -0.1) is 0 Å². The van der Waals surface area contributed by atoms with Crippen LogP contribution in [0.1, 0.15) is 40.4 Å². The predicted octanol–water partition coefficient (Wildman–Crippen LogP) is 5.57. The molecule has 0 spiro atoms. The molecule has 26 heavy (non-hydrogen) atoms. The number of benzene rings is 2. The molecule has 3 heteroatoms. The summed E-state index contributed by atoms with van der Waals surface area (Å²) in [6, 6.07) is 17.7. The molecule has 1 aromatic heterocycles. The quantitative estimate of drug-likeness (QED) is 0.657. The normalized spacial score (nSPS) is 10.6. The van der Waals surface area contributed by atoms with E-state index in [1.165, 1.54) is 11.1 Å². The summed E-state index contributed by atoms with van der Waals surface area (Å²) in [5.74, 6) is -0.102. The Balaban J connectivity index is 1.73.